The van der Waals surface area contributed by atoms with Gasteiger partial charge in [-0.25, -0.2) is 4.58 Å². The Morgan fingerprint density at radius 2 is 2.25 bits per heavy atom. The maximum Gasteiger partial charge on any atom is 0.350 e. The first kappa shape index (κ1) is 8.85. The number of rotatable bonds is 0. The van der Waals surface area contributed by atoms with Crippen molar-refractivity contribution in [3.63, 3.8) is 0 Å². The molecule has 1 rings (SSSR count). The van der Waals surface area contributed by atoms with Crippen molar-refractivity contribution >= 4 is 5.96 Å². The Labute approximate surface area is 73.3 Å². The highest BCUT2D eigenvalue weighted by Gasteiger charge is 2.34. The van der Waals surface area contributed by atoms with E-state index in [1.54, 1.807) is 0 Å². The van der Waals surface area contributed by atoms with Gasteiger partial charge in [0.25, 0.3) is 0 Å². The number of nitrogens with zero attached hydrogens (tertiary/aromatic N) is 4. The van der Waals surface area contributed by atoms with Crippen molar-refractivity contribution in [3.8, 4) is 6.07 Å². The average molecular weight is 167 g/mol. The number of hydrogen-bond acceptors (Lipinski definition) is 3. The molecule has 1 unspecified atom stereocenters. The van der Waals surface area contributed by atoms with Crippen molar-refractivity contribution in [2.45, 2.75) is 6.04 Å². The Hall–Kier alpha value is -1.24. The van der Waals surface area contributed by atoms with Crippen LogP contribution in [0.2, 0.25) is 0 Å². The van der Waals surface area contributed by atoms with Gasteiger partial charge >= 0.3 is 5.96 Å². The molecule has 0 radical (unpaired) electrons. The third-order valence-electron chi connectivity index (χ3n) is 2.12. The molecule has 0 amide bonds. The molecule has 0 spiro atoms. The zero-order valence-corrected chi connectivity index (χ0v) is 8.07. The van der Waals surface area contributed by atoms with Crippen LogP contribution in [0.3, 0.4) is 0 Å². The van der Waals surface area contributed by atoms with E-state index in [1.807, 2.05) is 37.7 Å². The van der Waals surface area contributed by atoms with Crippen LogP contribution in [-0.4, -0.2) is 61.1 Å². The Morgan fingerprint density at radius 1 is 1.67 bits per heavy atom. The lowest BCUT2D eigenvalue weighted by Gasteiger charge is -2.12. The van der Waals surface area contributed by atoms with Gasteiger partial charge in [-0.2, -0.15) is 5.26 Å². The molecule has 4 heteroatoms. The van der Waals surface area contributed by atoms with Crippen molar-refractivity contribution < 1.29 is 4.58 Å². The normalized spacial score (nSPS) is 22.9. The Morgan fingerprint density at radius 3 is 2.50 bits per heavy atom. The largest absolute Gasteiger partial charge is 0.350 e. The second-order valence-corrected chi connectivity index (χ2v) is 3.33. The van der Waals surface area contributed by atoms with Crippen LogP contribution in [0.1, 0.15) is 0 Å². The van der Waals surface area contributed by atoms with Gasteiger partial charge in [0.1, 0.15) is 12.6 Å². The maximum atomic E-state index is 8.80. The molecule has 0 N–H and O–H groups in total. The minimum Gasteiger partial charge on any atom is -0.270 e. The maximum absolute atomic E-state index is 8.80. The van der Waals surface area contributed by atoms with Gasteiger partial charge in [0, 0.05) is 0 Å². The summed E-state index contributed by atoms with van der Waals surface area (Å²) in [5.74, 6) is 1.10. The van der Waals surface area contributed by atoms with Gasteiger partial charge < -0.3 is 0 Å². The summed E-state index contributed by atoms with van der Waals surface area (Å²) in [5, 5.41) is 8.80. The number of nitriles is 1. The minimum absolute atomic E-state index is 0.00704. The fraction of sp³-hybridized carbons (Fsp3) is 0.750. The first-order valence-electron chi connectivity index (χ1n) is 3.95. The lowest BCUT2D eigenvalue weighted by Crippen LogP contribution is -2.37. The SMILES string of the molecule is CN(C)C1=[N+](C)C(C#N)CN1C. The van der Waals surface area contributed by atoms with E-state index in [-0.39, 0.29) is 6.04 Å². The highest BCUT2D eigenvalue weighted by atomic mass is 15.4. The van der Waals surface area contributed by atoms with Gasteiger partial charge in [-0.3, -0.25) is 9.80 Å². The number of hydrogen-bond donors (Lipinski definition) is 0. The molecule has 0 aromatic heterocycles. The summed E-state index contributed by atoms with van der Waals surface area (Å²) in [6.07, 6.45) is 0. The van der Waals surface area contributed by atoms with E-state index >= 15 is 0 Å². The van der Waals surface area contributed by atoms with E-state index in [1.165, 1.54) is 0 Å². The van der Waals surface area contributed by atoms with Gasteiger partial charge in [0.15, 0.2) is 6.04 Å². The quantitative estimate of drug-likeness (QED) is 0.451. The third kappa shape index (κ3) is 1.22. The standard InChI is InChI=1S/C8H15N4/c1-10(2)8-11(3)6-7(5-9)12(8)4/h7H,6H2,1-4H3/q+1. The summed E-state index contributed by atoms with van der Waals surface area (Å²) in [5.41, 5.74) is 0. The first-order chi connectivity index (χ1) is 5.57. The molecule has 0 fully saturated rings. The average Bonchev–Trinajstić information content (AvgIpc) is 2.25. The Kier molecular flexibility index (Phi) is 2.22. The van der Waals surface area contributed by atoms with E-state index < -0.39 is 0 Å². The molecule has 66 valence electrons. The van der Waals surface area contributed by atoms with Crippen LogP contribution in [0, 0.1) is 11.3 Å². The molecular formula is C8H15N4+. The lowest BCUT2D eigenvalue weighted by atomic mass is 10.3. The van der Waals surface area contributed by atoms with Crippen molar-refractivity contribution in [3.05, 3.63) is 0 Å². The minimum atomic E-state index is -0.00704. The summed E-state index contributed by atoms with van der Waals surface area (Å²) in [7, 11) is 7.93. The molecule has 12 heavy (non-hydrogen) atoms. The van der Waals surface area contributed by atoms with E-state index in [9.17, 15) is 0 Å². The first-order valence-corrected chi connectivity index (χ1v) is 3.95. The van der Waals surface area contributed by atoms with E-state index in [0.29, 0.717) is 0 Å². The molecule has 0 aromatic rings. The molecule has 0 aromatic carbocycles. The summed E-state index contributed by atoms with van der Waals surface area (Å²) >= 11 is 0. The molecular weight excluding hydrogens is 152 g/mol. The molecule has 0 aliphatic carbocycles. The number of guanidine groups is 1. The monoisotopic (exact) mass is 167 g/mol. The van der Waals surface area contributed by atoms with Gasteiger partial charge in [-0.1, -0.05) is 0 Å². The summed E-state index contributed by atoms with van der Waals surface area (Å²) in [6.45, 7) is 0.792. The van der Waals surface area contributed by atoms with Crippen LogP contribution >= 0.6 is 0 Å². The zero-order valence-electron chi connectivity index (χ0n) is 8.07. The molecule has 1 aliphatic heterocycles. The van der Waals surface area contributed by atoms with Crippen LogP contribution < -0.4 is 0 Å². The highest BCUT2D eigenvalue weighted by molar-refractivity contribution is 5.75. The number of likely N-dealkylation sites (N-methyl/N-ethyl adjacent to an activating group) is 2. The highest BCUT2D eigenvalue weighted by Crippen LogP contribution is 2.05. The predicted octanol–water partition coefficient (Wildman–Crippen LogP) is -0.616. The fourth-order valence-corrected chi connectivity index (χ4v) is 1.66. The molecule has 0 bridgehead atoms. The molecule has 1 aliphatic rings. The summed E-state index contributed by atoms with van der Waals surface area (Å²) < 4.78 is 2.00. The van der Waals surface area contributed by atoms with E-state index in [2.05, 4.69) is 11.0 Å². The molecule has 1 atom stereocenters. The van der Waals surface area contributed by atoms with Crippen LogP contribution in [0.4, 0.5) is 0 Å². The van der Waals surface area contributed by atoms with Crippen LogP contribution in [-0.2, 0) is 0 Å². The van der Waals surface area contributed by atoms with E-state index in [4.69, 9.17) is 5.26 Å². The Balaban J connectivity index is 2.95. The van der Waals surface area contributed by atoms with Crippen molar-refractivity contribution in [2.24, 2.45) is 0 Å². The van der Waals surface area contributed by atoms with Crippen molar-refractivity contribution in [1.82, 2.24) is 9.80 Å². The zero-order chi connectivity index (χ0) is 9.30. The molecule has 0 saturated carbocycles. The van der Waals surface area contributed by atoms with Gasteiger partial charge in [-0.05, 0) is 0 Å². The molecule has 1 heterocycles. The summed E-state index contributed by atoms with van der Waals surface area (Å²) in [4.78, 5) is 4.12. The molecule has 4 nitrogen and oxygen atoms in total. The van der Waals surface area contributed by atoms with Crippen molar-refractivity contribution in [2.75, 3.05) is 34.7 Å². The predicted molar refractivity (Wildman–Crippen MR) is 46.9 cm³/mol. The van der Waals surface area contributed by atoms with Gasteiger partial charge in [0.2, 0.25) is 0 Å². The lowest BCUT2D eigenvalue weighted by molar-refractivity contribution is -0.516. The van der Waals surface area contributed by atoms with Gasteiger partial charge in [0.05, 0.1) is 28.2 Å². The second kappa shape index (κ2) is 3.02. The topological polar surface area (TPSA) is 33.3 Å². The van der Waals surface area contributed by atoms with Crippen LogP contribution in [0.25, 0.3) is 0 Å². The third-order valence-corrected chi connectivity index (χ3v) is 2.12. The second-order valence-electron chi connectivity index (χ2n) is 3.33. The van der Waals surface area contributed by atoms with Crippen molar-refractivity contribution in [1.29, 1.82) is 5.26 Å². The van der Waals surface area contributed by atoms with Crippen LogP contribution in [0.5, 0.6) is 0 Å². The smallest absolute Gasteiger partial charge is 0.270 e. The van der Waals surface area contributed by atoms with Gasteiger partial charge in [-0.15, -0.1) is 0 Å². The fourth-order valence-electron chi connectivity index (χ4n) is 1.66. The summed E-state index contributed by atoms with van der Waals surface area (Å²) in [6, 6.07) is 2.26. The molecule has 0 saturated heterocycles. The van der Waals surface area contributed by atoms with E-state index in [0.717, 1.165) is 12.5 Å². The Bertz CT molecular complexity index is 248. The van der Waals surface area contributed by atoms with Crippen LogP contribution in [0.15, 0.2) is 0 Å².